The normalized spacial score (nSPS) is 10.4. The average molecular weight is 264 g/mol. The topological polar surface area (TPSA) is 46.5 Å². The maximum Gasteiger partial charge on any atom is 0.336 e. The second-order valence-corrected chi connectivity index (χ2v) is 4.38. The van der Waals surface area contributed by atoms with Crippen molar-refractivity contribution >= 4 is 16.7 Å². The standard InChI is InChI=1S/C17H12O3/c18-17(19)15-10-11-16(14-9-5-4-8-13(14)15)20-12-6-2-1-3-7-12/h1-11H,(H,18,19). The SMILES string of the molecule is O=C(O)c1ccc(Oc2ccccc2)c2ccccc12. The van der Waals surface area contributed by atoms with Crippen molar-refractivity contribution in [2.75, 3.05) is 0 Å². The molecule has 0 amide bonds. The van der Waals surface area contributed by atoms with Gasteiger partial charge in [0.25, 0.3) is 0 Å². The Morgan fingerprint density at radius 3 is 2.15 bits per heavy atom. The molecule has 0 atom stereocenters. The van der Waals surface area contributed by atoms with E-state index >= 15 is 0 Å². The first-order valence-electron chi connectivity index (χ1n) is 6.23. The predicted molar refractivity (Wildman–Crippen MR) is 77.4 cm³/mol. The fourth-order valence-electron chi connectivity index (χ4n) is 2.16. The van der Waals surface area contributed by atoms with Crippen LogP contribution in [0.4, 0.5) is 0 Å². The van der Waals surface area contributed by atoms with Crippen LogP contribution in [0.5, 0.6) is 11.5 Å². The minimum atomic E-state index is -0.938. The molecule has 3 heteroatoms. The number of hydrogen-bond acceptors (Lipinski definition) is 2. The van der Waals surface area contributed by atoms with Crippen LogP contribution in [0.15, 0.2) is 66.7 Å². The van der Waals surface area contributed by atoms with Gasteiger partial charge in [-0.15, -0.1) is 0 Å². The summed E-state index contributed by atoms with van der Waals surface area (Å²) in [5.74, 6) is 0.435. The monoisotopic (exact) mass is 264 g/mol. The number of carboxylic acid groups (broad SMARTS) is 1. The highest BCUT2D eigenvalue weighted by Crippen LogP contribution is 2.31. The molecule has 3 aromatic rings. The lowest BCUT2D eigenvalue weighted by atomic mass is 10.0. The van der Waals surface area contributed by atoms with Crippen LogP contribution in [0.25, 0.3) is 10.8 Å². The van der Waals surface area contributed by atoms with Crippen molar-refractivity contribution in [2.24, 2.45) is 0 Å². The van der Waals surface area contributed by atoms with Gasteiger partial charge in [-0.25, -0.2) is 4.79 Å². The van der Waals surface area contributed by atoms with Gasteiger partial charge in [-0.2, -0.15) is 0 Å². The lowest BCUT2D eigenvalue weighted by Crippen LogP contribution is -1.98. The molecule has 0 fully saturated rings. The smallest absolute Gasteiger partial charge is 0.336 e. The average Bonchev–Trinajstić information content (AvgIpc) is 2.48. The van der Waals surface area contributed by atoms with Gasteiger partial charge in [0.1, 0.15) is 11.5 Å². The van der Waals surface area contributed by atoms with Crippen molar-refractivity contribution in [1.29, 1.82) is 0 Å². The number of para-hydroxylation sites is 1. The zero-order chi connectivity index (χ0) is 13.9. The fourth-order valence-corrected chi connectivity index (χ4v) is 2.16. The Balaban J connectivity index is 2.13. The van der Waals surface area contributed by atoms with E-state index in [0.717, 1.165) is 11.1 Å². The molecule has 0 aliphatic carbocycles. The van der Waals surface area contributed by atoms with E-state index in [1.165, 1.54) is 0 Å². The van der Waals surface area contributed by atoms with Gasteiger partial charge < -0.3 is 9.84 Å². The molecule has 0 saturated heterocycles. The van der Waals surface area contributed by atoms with E-state index in [1.807, 2.05) is 48.5 Å². The van der Waals surface area contributed by atoms with Crippen LogP contribution in [0.3, 0.4) is 0 Å². The molecule has 1 N–H and O–H groups in total. The van der Waals surface area contributed by atoms with E-state index in [4.69, 9.17) is 4.74 Å². The Labute approximate surface area is 116 Å². The Hall–Kier alpha value is -2.81. The highest BCUT2D eigenvalue weighted by molar-refractivity contribution is 6.05. The van der Waals surface area contributed by atoms with Crippen LogP contribution in [0.2, 0.25) is 0 Å². The molecular weight excluding hydrogens is 252 g/mol. The second-order valence-electron chi connectivity index (χ2n) is 4.38. The van der Waals surface area contributed by atoms with Crippen LogP contribution in [0.1, 0.15) is 10.4 Å². The Morgan fingerprint density at radius 2 is 1.45 bits per heavy atom. The molecule has 3 aromatic carbocycles. The van der Waals surface area contributed by atoms with E-state index in [2.05, 4.69) is 0 Å². The van der Waals surface area contributed by atoms with Gasteiger partial charge in [0, 0.05) is 5.39 Å². The quantitative estimate of drug-likeness (QED) is 0.765. The molecule has 3 nitrogen and oxygen atoms in total. The van der Waals surface area contributed by atoms with E-state index < -0.39 is 5.97 Å². The molecule has 0 aliphatic rings. The summed E-state index contributed by atoms with van der Waals surface area (Å²) in [5, 5.41) is 10.7. The molecule has 0 aliphatic heterocycles. The van der Waals surface area contributed by atoms with Gasteiger partial charge in [0.15, 0.2) is 0 Å². The number of rotatable bonds is 3. The molecule has 0 radical (unpaired) electrons. The van der Waals surface area contributed by atoms with Crippen molar-refractivity contribution < 1.29 is 14.6 Å². The second kappa shape index (κ2) is 5.05. The molecule has 0 aromatic heterocycles. The van der Waals surface area contributed by atoms with Gasteiger partial charge in [0.2, 0.25) is 0 Å². The molecule has 0 unspecified atom stereocenters. The van der Waals surface area contributed by atoms with Crippen LogP contribution in [-0.4, -0.2) is 11.1 Å². The first-order chi connectivity index (χ1) is 9.75. The maximum absolute atomic E-state index is 11.2. The molecule has 0 spiro atoms. The maximum atomic E-state index is 11.2. The Morgan fingerprint density at radius 1 is 0.800 bits per heavy atom. The van der Waals surface area contributed by atoms with Gasteiger partial charge >= 0.3 is 5.97 Å². The number of carboxylic acids is 1. The van der Waals surface area contributed by atoms with Crippen molar-refractivity contribution in [3.63, 3.8) is 0 Å². The summed E-state index contributed by atoms with van der Waals surface area (Å²) < 4.78 is 5.83. The Bertz CT molecular complexity index is 764. The van der Waals surface area contributed by atoms with Crippen molar-refractivity contribution in [1.82, 2.24) is 0 Å². The minimum absolute atomic E-state index is 0.279. The van der Waals surface area contributed by atoms with E-state index in [-0.39, 0.29) is 5.56 Å². The number of carbonyl (C=O) groups is 1. The van der Waals surface area contributed by atoms with Crippen LogP contribution >= 0.6 is 0 Å². The number of ether oxygens (including phenoxy) is 1. The van der Waals surface area contributed by atoms with E-state index in [1.54, 1.807) is 18.2 Å². The third kappa shape index (κ3) is 2.21. The minimum Gasteiger partial charge on any atom is -0.478 e. The predicted octanol–water partition coefficient (Wildman–Crippen LogP) is 4.33. The van der Waals surface area contributed by atoms with E-state index in [0.29, 0.717) is 11.1 Å². The van der Waals surface area contributed by atoms with Gasteiger partial charge in [0.05, 0.1) is 5.56 Å². The molecule has 0 bridgehead atoms. The van der Waals surface area contributed by atoms with Crippen molar-refractivity contribution in [2.45, 2.75) is 0 Å². The zero-order valence-electron chi connectivity index (χ0n) is 10.6. The third-order valence-corrected chi connectivity index (χ3v) is 3.09. The lowest BCUT2D eigenvalue weighted by molar-refractivity contribution is 0.0699. The fraction of sp³-hybridized carbons (Fsp3) is 0. The highest BCUT2D eigenvalue weighted by atomic mass is 16.5. The summed E-state index contributed by atoms with van der Waals surface area (Å²) >= 11 is 0. The molecule has 20 heavy (non-hydrogen) atoms. The van der Waals surface area contributed by atoms with Crippen molar-refractivity contribution in [3.8, 4) is 11.5 Å². The Kier molecular flexibility index (Phi) is 3.09. The van der Waals surface area contributed by atoms with E-state index in [9.17, 15) is 9.90 Å². The number of hydrogen-bond donors (Lipinski definition) is 1. The van der Waals surface area contributed by atoms with Crippen LogP contribution < -0.4 is 4.74 Å². The summed E-state index contributed by atoms with van der Waals surface area (Å²) in [7, 11) is 0. The lowest BCUT2D eigenvalue weighted by Gasteiger charge is -2.10. The van der Waals surface area contributed by atoms with Crippen LogP contribution in [0, 0.1) is 0 Å². The molecular formula is C17H12O3. The molecule has 0 heterocycles. The summed E-state index contributed by atoms with van der Waals surface area (Å²) in [6.45, 7) is 0. The zero-order valence-corrected chi connectivity index (χ0v) is 10.6. The largest absolute Gasteiger partial charge is 0.478 e. The first kappa shape index (κ1) is 12.2. The van der Waals surface area contributed by atoms with Gasteiger partial charge in [-0.05, 0) is 29.7 Å². The van der Waals surface area contributed by atoms with Gasteiger partial charge in [-0.3, -0.25) is 0 Å². The number of fused-ring (bicyclic) bond motifs is 1. The summed E-state index contributed by atoms with van der Waals surface area (Å²) in [6.07, 6.45) is 0. The first-order valence-corrected chi connectivity index (χ1v) is 6.23. The summed E-state index contributed by atoms with van der Waals surface area (Å²) in [4.78, 5) is 11.2. The van der Waals surface area contributed by atoms with Crippen molar-refractivity contribution in [3.05, 3.63) is 72.3 Å². The van der Waals surface area contributed by atoms with Crippen LogP contribution in [-0.2, 0) is 0 Å². The molecule has 0 saturated carbocycles. The summed E-state index contributed by atoms with van der Waals surface area (Å²) in [5.41, 5.74) is 0.279. The summed E-state index contributed by atoms with van der Waals surface area (Å²) in [6, 6.07) is 20.0. The van der Waals surface area contributed by atoms with Gasteiger partial charge in [-0.1, -0.05) is 42.5 Å². The highest BCUT2D eigenvalue weighted by Gasteiger charge is 2.11. The molecule has 98 valence electrons. The number of benzene rings is 3. The number of aromatic carboxylic acids is 1. The third-order valence-electron chi connectivity index (χ3n) is 3.09. The molecule has 3 rings (SSSR count).